The van der Waals surface area contributed by atoms with Gasteiger partial charge >= 0.3 is 6.09 Å². The molecule has 0 saturated carbocycles. The molecule has 0 aliphatic carbocycles. The second-order valence-electron chi connectivity index (χ2n) is 7.67. The molecule has 0 atom stereocenters. The van der Waals surface area contributed by atoms with Crippen molar-refractivity contribution in [2.45, 2.75) is 24.9 Å². The number of likely N-dealkylation sites (tertiary alicyclic amines) is 1. The largest absolute Gasteiger partial charge is 0.497 e. The summed E-state index contributed by atoms with van der Waals surface area (Å²) in [6.45, 7) is 1.58. The number of nitrogens with one attached hydrogen (secondary N) is 1. The summed E-state index contributed by atoms with van der Waals surface area (Å²) in [6, 6.07) is 10.2. The molecular formula is C22H24FN3O4. The van der Waals surface area contributed by atoms with Crippen LogP contribution in [0.3, 0.4) is 0 Å². The monoisotopic (exact) mass is 413 g/mol. The average Bonchev–Trinajstić information content (AvgIpc) is 3.23. The van der Waals surface area contributed by atoms with E-state index in [2.05, 4.69) is 10.2 Å². The molecule has 0 radical (unpaired) electrons. The second-order valence-corrected chi connectivity index (χ2v) is 7.67. The van der Waals surface area contributed by atoms with Gasteiger partial charge in [0.05, 0.1) is 32.0 Å². The van der Waals surface area contributed by atoms with Crippen LogP contribution in [0.15, 0.2) is 42.6 Å². The Morgan fingerprint density at radius 3 is 2.67 bits per heavy atom. The predicted molar refractivity (Wildman–Crippen MR) is 109 cm³/mol. The van der Waals surface area contributed by atoms with Crippen LogP contribution < -0.4 is 4.74 Å². The van der Waals surface area contributed by atoms with Gasteiger partial charge in [-0.2, -0.15) is 5.10 Å². The molecule has 3 aromatic rings. The van der Waals surface area contributed by atoms with Crippen molar-refractivity contribution in [2.24, 2.45) is 0 Å². The van der Waals surface area contributed by atoms with E-state index in [1.54, 1.807) is 25.4 Å². The number of hydrogen-bond acceptors (Lipinski definition) is 4. The molecule has 4 rings (SSSR count). The molecule has 30 heavy (non-hydrogen) atoms. The minimum absolute atomic E-state index is 0.296. The molecule has 1 saturated heterocycles. The highest BCUT2D eigenvalue weighted by Crippen LogP contribution is 2.36. The number of benzene rings is 2. The van der Waals surface area contributed by atoms with Crippen LogP contribution in [-0.2, 0) is 16.8 Å². The van der Waals surface area contributed by atoms with Crippen molar-refractivity contribution in [3.8, 4) is 5.75 Å². The quantitative estimate of drug-likeness (QED) is 0.639. The third kappa shape index (κ3) is 3.95. The molecule has 2 N–H and O–H groups in total. The van der Waals surface area contributed by atoms with Crippen LogP contribution in [-0.4, -0.2) is 53.1 Å². The Hall–Kier alpha value is -3.13. The Morgan fingerprint density at radius 2 is 2.00 bits per heavy atom. The minimum atomic E-state index is -0.915. The van der Waals surface area contributed by atoms with Crippen molar-refractivity contribution in [3.63, 3.8) is 0 Å². The van der Waals surface area contributed by atoms with E-state index >= 15 is 0 Å². The second kappa shape index (κ2) is 8.31. The van der Waals surface area contributed by atoms with Crippen LogP contribution in [0.5, 0.6) is 5.75 Å². The maximum Gasteiger partial charge on any atom is 0.407 e. The number of H-pyrrole nitrogens is 1. The fraction of sp³-hybridized carbons (Fsp3) is 0.364. The zero-order valence-electron chi connectivity index (χ0n) is 16.7. The van der Waals surface area contributed by atoms with Gasteiger partial charge in [0.2, 0.25) is 0 Å². The molecule has 158 valence electrons. The minimum Gasteiger partial charge on any atom is -0.497 e. The number of amides is 1. The highest BCUT2D eigenvalue weighted by atomic mass is 19.1. The molecule has 0 spiro atoms. The third-order valence-corrected chi connectivity index (χ3v) is 5.92. The first-order valence-corrected chi connectivity index (χ1v) is 9.82. The number of ether oxygens (including phenoxy) is 2. The Bertz CT molecular complexity index is 1030. The number of hydrogen-bond donors (Lipinski definition) is 2. The lowest BCUT2D eigenvalue weighted by Gasteiger charge is -2.41. The number of fused-ring (bicyclic) bond motifs is 1. The first kappa shape index (κ1) is 20.2. The highest BCUT2D eigenvalue weighted by Gasteiger charge is 2.38. The van der Waals surface area contributed by atoms with Crippen LogP contribution in [0.1, 0.15) is 24.0 Å². The van der Waals surface area contributed by atoms with E-state index in [1.807, 2.05) is 12.1 Å². The first-order valence-electron chi connectivity index (χ1n) is 9.82. The molecule has 1 aliphatic heterocycles. The Morgan fingerprint density at radius 1 is 1.27 bits per heavy atom. The van der Waals surface area contributed by atoms with Crippen molar-refractivity contribution in [1.82, 2.24) is 15.1 Å². The van der Waals surface area contributed by atoms with Gasteiger partial charge in [0.15, 0.2) is 0 Å². The van der Waals surface area contributed by atoms with Crippen molar-refractivity contribution in [1.29, 1.82) is 0 Å². The summed E-state index contributed by atoms with van der Waals surface area (Å²) in [7, 11) is 1.62. The number of carboxylic acid groups (broad SMARTS) is 1. The van der Waals surface area contributed by atoms with Gasteiger partial charge in [-0.15, -0.1) is 0 Å². The van der Waals surface area contributed by atoms with Gasteiger partial charge < -0.3 is 19.5 Å². The van der Waals surface area contributed by atoms with E-state index in [9.17, 15) is 14.3 Å². The summed E-state index contributed by atoms with van der Waals surface area (Å²) in [5.74, 6) is 0.432. The number of carbonyl (C=O) groups is 1. The van der Waals surface area contributed by atoms with Gasteiger partial charge in [0.25, 0.3) is 0 Å². The average molecular weight is 413 g/mol. The Labute approximate surface area is 173 Å². The molecular weight excluding hydrogens is 389 g/mol. The number of methoxy groups -OCH3 is 1. The third-order valence-electron chi connectivity index (χ3n) is 5.92. The molecule has 1 aromatic heterocycles. The maximum atomic E-state index is 13.5. The number of piperidine rings is 1. The number of aromatic amines is 1. The predicted octanol–water partition coefficient (Wildman–Crippen LogP) is 3.94. The van der Waals surface area contributed by atoms with Gasteiger partial charge in [0, 0.05) is 29.5 Å². The lowest BCUT2D eigenvalue weighted by atomic mass is 9.73. The number of rotatable bonds is 6. The van der Waals surface area contributed by atoms with E-state index in [-0.39, 0.29) is 11.2 Å². The number of aromatic nitrogens is 2. The van der Waals surface area contributed by atoms with E-state index in [0.717, 1.165) is 27.8 Å². The fourth-order valence-corrected chi connectivity index (χ4v) is 4.13. The smallest absolute Gasteiger partial charge is 0.407 e. The van der Waals surface area contributed by atoms with Gasteiger partial charge in [-0.25, -0.2) is 9.18 Å². The van der Waals surface area contributed by atoms with Gasteiger partial charge in [0.1, 0.15) is 11.6 Å². The van der Waals surface area contributed by atoms with Crippen LogP contribution in [0.4, 0.5) is 9.18 Å². The zero-order chi connectivity index (χ0) is 21.1. The standard InChI is InChI=1S/C22H24FN3O4/c1-29-19-10-15-12-24-25-20(15)16(11-19)13-30-14-22(17-2-4-18(23)5-3-17)6-8-26(9-7-22)21(27)28/h2-5,10-12H,6-9,13-14H2,1H3,(H,24,25)(H,27,28). The maximum absolute atomic E-state index is 13.5. The molecule has 2 aromatic carbocycles. The zero-order valence-corrected chi connectivity index (χ0v) is 16.7. The highest BCUT2D eigenvalue weighted by molar-refractivity contribution is 5.82. The molecule has 1 aliphatic rings. The molecule has 1 fully saturated rings. The number of halogens is 1. The van der Waals surface area contributed by atoms with E-state index in [1.165, 1.54) is 17.0 Å². The Kier molecular flexibility index (Phi) is 5.59. The van der Waals surface area contributed by atoms with E-state index in [0.29, 0.717) is 39.1 Å². The van der Waals surface area contributed by atoms with Crippen molar-refractivity contribution >= 4 is 17.0 Å². The summed E-state index contributed by atoms with van der Waals surface area (Å²) in [6.07, 6.45) is 2.05. The van der Waals surface area contributed by atoms with E-state index < -0.39 is 6.09 Å². The summed E-state index contributed by atoms with van der Waals surface area (Å²) < 4.78 is 25.0. The summed E-state index contributed by atoms with van der Waals surface area (Å²) in [5.41, 5.74) is 2.42. The molecule has 8 heteroatoms. The summed E-state index contributed by atoms with van der Waals surface area (Å²) in [5, 5.41) is 17.3. The molecule has 1 amide bonds. The molecule has 7 nitrogen and oxygen atoms in total. The van der Waals surface area contributed by atoms with Crippen molar-refractivity contribution < 1.29 is 23.8 Å². The van der Waals surface area contributed by atoms with Crippen molar-refractivity contribution in [3.05, 3.63) is 59.5 Å². The molecule has 2 heterocycles. The Balaban J connectivity index is 1.54. The summed E-state index contributed by atoms with van der Waals surface area (Å²) in [4.78, 5) is 12.7. The first-order chi connectivity index (χ1) is 14.5. The van der Waals surface area contributed by atoms with Gasteiger partial charge in [-0.3, -0.25) is 5.10 Å². The van der Waals surface area contributed by atoms with Gasteiger partial charge in [-0.1, -0.05) is 12.1 Å². The van der Waals surface area contributed by atoms with Crippen LogP contribution in [0.2, 0.25) is 0 Å². The van der Waals surface area contributed by atoms with Crippen LogP contribution >= 0.6 is 0 Å². The SMILES string of the molecule is COc1cc(COCC2(c3ccc(F)cc3)CCN(C(=O)O)CC2)c2[nH]ncc2c1. The summed E-state index contributed by atoms with van der Waals surface area (Å²) >= 11 is 0. The number of nitrogens with zero attached hydrogens (tertiary/aromatic N) is 2. The topological polar surface area (TPSA) is 87.7 Å². The lowest BCUT2D eigenvalue weighted by molar-refractivity contribution is 0.0371. The molecule has 0 unspecified atom stereocenters. The normalized spacial score (nSPS) is 16.0. The van der Waals surface area contributed by atoms with E-state index in [4.69, 9.17) is 9.47 Å². The van der Waals surface area contributed by atoms with Crippen LogP contribution in [0.25, 0.3) is 10.9 Å². The fourth-order valence-electron chi connectivity index (χ4n) is 4.13. The van der Waals surface area contributed by atoms with Gasteiger partial charge in [-0.05, 0) is 42.7 Å². The van der Waals surface area contributed by atoms with Crippen LogP contribution in [0, 0.1) is 5.82 Å². The lowest BCUT2D eigenvalue weighted by Crippen LogP contribution is -2.47. The molecule has 0 bridgehead atoms. The van der Waals surface area contributed by atoms with Crippen molar-refractivity contribution in [2.75, 3.05) is 26.8 Å².